The van der Waals surface area contributed by atoms with Crippen LogP contribution in [0.1, 0.15) is 25.3 Å². The maximum absolute atomic E-state index is 13.9. The topological polar surface area (TPSA) is 113 Å². The van der Waals surface area contributed by atoms with Crippen molar-refractivity contribution in [2.24, 2.45) is 0 Å². The number of nitrogens with one attached hydrogen (secondary N) is 4. The number of hydrogen-bond acceptors (Lipinski definition) is 7. The number of carbonyl (C=O) groups excluding carboxylic acids is 1. The minimum absolute atomic E-state index is 0.0163. The van der Waals surface area contributed by atoms with Crippen molar-refractivity contribution in [3.63, 3.8) is 0 Å². The molecule has 0 spiro atoms. The number of halogens is 4. The van der Waals surface area contributed by atoms with Crippen LogP contribution in [0.3, 0.4) is 0 Å². The van der Waals surface area contributed by atoms with E-state index in [1.54, 1.807) is 6.07 Å². The van der Waals surface area contributed by atoms with Gasteiger partial charge in [0.1, 0.15) is 5.56 Å². The zero-order valence-electron chi connectivity index (χ0n) is 19.1. The van der Waals surface area contributed by atoms with E-state index in [1.807, 2.05) is 0 Å². The van der Waals surface area contributed by atoms with Crippen molar-refractivity contribution in [2.45, 2.75) is 35.5 Å². The van der Waals surface area contributed by atoms with E-state index >= 15 is 0 Å². The highest BCUT2D eigenvalue weighted by molar-refractivity contribution is 14.1. The molecule has 1 aliphatic heterocycles. The van der Waals surface area contributed by atoms with Crippen LogP contribution in [-0.2, 0) is 10.9 Å². The van der Waals surface area contributed by atoms with Gasteiger partial charge >= 0.3 is 12.3 Å². The Kier molecular flexibility index (Phi) is 6.99. The Bertz CT molecular complexity index is 1240. The van der Waals surface area contributed by atoms with Gasteiger partial charge in [-0.05, 0) is 31.9 Å². The fourth-order valence-corrected chi connectivity index (χ4v) is 4.51. The molecule has 0 saturated carbocycles. The standard InChI is InChI=1S/C22H24F3IN6O3/c1-21(26)7-6-11(8-29-21)30-19-28-10-14(22(23,24)25)16(32-19)13-9-27-17-12(13)4-5-15(18(17)34-2)31-20(33)35-3/h4-5,9-11,27,29H,6-8H2,1-3H3,(H,31,33)(H,28,30,32)/t11-,21?/m0/s1. The molecule has 35 heavy (non-hydrogen) atoms. The van der Waals surface area contributed by atoms with E-state index in [-0.39, 0.29) is 32.5 Å². The van der Waals surface area contributed by atoms with E-state index in [0.717, 1.165) is 19.0 Å². The van der Waals surface area contributed by atoms with Crippen LogP contribution < -0.4 is 20.7 Å². The largest absolute Gasteiger partial charge is 0.492 e. The van der Waals surface area contributed by atoms with Gasteiger partial charge < -0.3 is 25.1 Å². The quantitative estimate of drug-likeness (QED) is 0.181. The van der Waals surface area contributed by atoms with E-state index in [0.29, 0.717) is 23.1 Å². The Morgan fingerprint density at radius 3 is 2.71 bits per heavy atom. The number of anilines is 2. The number of carbonyl (C=O) groups is 1. The molecule has 13 heteroatoms. The lowest BCUT2D eigenvalue weighted by molar-refractivity contribution is -0.137. The van der Waals surface area contributed by atoms with E-state index in [1.165, 1.54) is 26.5 Å². The van der Waals surface area contributed by atoms with Gasteiger partial charge in [-0.15, -0.1) is 0 Å². The lowest BCUT2D eigenvalue weighted by Gasteiger charge is -2.34. The van der Waals surface area contributed by atoms with Gasteiger partial charge in [0.2, 0.25) is 5.95 Å². The van der Waals surface area contributed by atoms with Gasteiger partial charge in [-0.2, -0.15) is 13.2 Å². The number of fused-ring (bicyclic) bond motifs is 1. The molecule has 0 aliphatic carbocycles. The summed E-state index contributed by atoms with van der Waals surface area (Å²) in [4.78, 5) is 22.8. The molecule has 3 heterocycles. The van der Waals surface area contributed by atoms with E-state index in [2.05, 4.69) is 65.2 Å². The lowest BCUT2D eigenvalue weighted by atomic mass is 10.0. The number of aromatic amines is 1. The Labute approximate surface area is 212 Å². The number of methoxy groups -OCH3 is 2. The van der Waals surface area contributed by atoms with Gasteiger partial charge in [0.05, 0.1) is 34.7 Å². The molecular formula is C22H24F3IN6O3. The summed E-state index contributed by atoms with van der Waals surface area (Å²) in [7, 11) is 2.61. The fraction of sp³-hybridized carbons (Fsp3) is 0.409. The van der Waals surface area contributed by atoms with Gasteiger partial charge in [0.15, 0.2) is 5.75 Å². The van der Waals surface area contributed by atoms with Gasteiger partial charge in [-0.3, -0.25) is 5.32 Å². The molecule has 1 aliphatic rings. The minimum Gasteiger partial charge on any atom is -0.492 e. The number of piperidine rings is 1. The summed E-state index contributed by atoms with van der Waals surface area (Å²) >= 11 is 2.34. The monoisotopic (exact) mass is 604 g/mol. The second kappa shape index (κ2) is 9.68. The molecule has 1 fully saturated rings. The molecule has 1 aromatic carbocycles. The maximum Gasteiger partial charge on any atom is 0.419 e. The number of nitrogens with zero attached hydrogens (tertiary/aromatic N) is 2. The maximum atomic E-state index is 13.9. The van der Waals surface area contributed by atoms with Gasteiger partial charge in [0, 0.05) is 35.9 Å². The molecule has 188 valence electrons. The first-order valence-electron chi connectivity index (χ1n) is 10.7. The van der Waals surface area contributed by atoms with Crippen LogP contribution in [0, 0.1) is 0 Å². The van der Waals surface area contributed by atoms with Crippen LogP contribution >= 0.6 is 22.6 Å². The van der Waals surface area contributed by atoms with E-state index < -0.39 is 17.8 Å². The van der Waals surface area contributed by atoms with Crippen LogP contribution in [0.5, 0.6) is 5.75 Å². The molecule has 0 bridgehead atoms. The zero-order chi connectivity index (χ0) is 25.4. The van der Waals surface area contributed by atoms with Crippen molar-refractivity contribution in [1.29, 1.82) is 0 Å². The SMILES string of the molecule is COC(=O)Nc1ccc2c(-c3nc(N[C@H]4CCC(C)(I)NC4)ncc3C(F)(F)F)c[nH]c2c1OC. The fourth-order valence-electron chi connectivity index (χ4n) is 3.98. The van der Waals surface area contributed by atoms with Crippen LogP contribution in [0.25, 0.3) is 22.2 Å². The Morgan fingerprint density at radius 1 is 1.31 bits per heavy atom. The van der Waals surface area contributed by atoms with Crippen LogP contribution in [0.2, 0.25) is 0 Å². The summed E-state index contributed by atoms with van der Waals surface area (Å²) in [6.07, 6.45) is -1.42. The number of hydrogen-bond donors (Lipinski definition) is 4. The van der Waals surface area contributed by atoms with Crippen molar-refractivity contribution < 1.29 is 27.4 Å². The van der Waals surface area contributed by atoms with Crippen LogP contribution in [-0.4, -0.2) is 51.4 Å². The number of rotatable bonds is 5. The predicted octanol–water partition coefficient (Wildman–Crippen LogP) is 5.15. The second-order valence-electron chi connectivity index (χ2n) is 8.30. The third-order valence-electron chi connectivity index (χ3n) is 5.80. The normalized spacial score (nSPS) is 20.5. The number of aromatic nitrogens is 3. The number of benzene rings is 1. The molecule has 9 nitrogen and oxygen atoms in total. The molecule has 2 aromatic heterocycles. The summed E-state index contributed by atoms with van der Waals surface area (Å²) in [6, 6.07) is 3.09. The Balaban J connectivity index is 1.75. The average molecular weight is 604 g/mol. The summed E-state index contributed by atoms with van der Waals surface area (Å²) < 4.78 is 51.7. The van der Waals surface area contributed by atoms with Gasteiger partial charge in [-0.25, -0.2) is 14.8 Å². The summed E-state index contributed by atoms with van der Waals surface area (Å²) in [6.45, 7) is 2.73. The highest BCUT2D eigenvalue weighted by Crippen LogP contribution is 2.42. The molecule has 4 rings (SSSR count). The molecule has 2 atom stereocenters. The first-order valence-corrected chi connectivity index (χ1v) is 11.8. The third-order valence-corrected chi connectivity index (χ3v) is 6.72. The summed E-state index contributed by atoms with van der Waals surface area (Å²) in [5.41, 5.74) is -0.299. The number of H-pyrrole nitrogens is 1. The number of ether oxygens (including phenoxy) is 2. The van der Waals surface area contributed by atoms with Crippen molar-refractivity contribution in [1.82, 2.24) is 20.3 Å². The Morgan fingerprint density at radius 2 is 2.09 bits per heavy atom. The van der Waals surface area contributed by atoms with Crippen molar-refractivity contribution in [3.8, 4) is 17.0 Å². The number of alkyl halides is 4. The molecule has 3 aromatic rings. The van der Waals surface area contributed by atoms with E-state index in [4.69, 9.17) is 4.74 Å². The summed E-state index contributed by atoms with van der Waals surface area (Å²) in [5, 5.41) is 9.51. The Hall–Kier alpha value is -2.81. The van der Waals surface area contributed by atoms with Gasteiger partial charge in [-0.1, -0.05) is 22.6 Å². The molecule has 1 unspecified atom stereocenters. The predicted molar refractivity (Wildman–Crippen MR) is 134 cm³/mol. The van der Waals surface area contributed by atoms with Crippen molar-refractivity contribution in [2.75, 3.05) is 31.4 Å². The van der Waals surface area contributed by atoms with Crippen LogP contribution in [0.4, 0.5) is 29.6 Å². The molecule has 1 saturated heterocycles. The molecule has 1 amide bonds. The zero-order valence-corrected chi connectivity index (χ0v) is 21.3. The molecule has 4 N–H and O–H groups in total. The first kappa shape index (κ1) is 25.3. The summed E-state index contributed by atoms with van der Waals surface area (Å²) in [5.74, 6) is 0.359. The van der Waals surface area contributed by atoms with Crippen molar-refractivity contribution >= 4 is 51.2 Å². The first-order chi connectivity index (χ1) is 16.5. The minimum atomic E-state index is -4.66. The molecular weight excluding hydrogens is 580 g/mol. The highest BCUT2D eigenvalue weighted by Gasteiger charge is 2.36. The second-order valence-corrected chi connectivity index (χ2v) is 10.7. The highest BCUT2D eigenvalue weighted by atomic mass is 127. The average Bonchev–Trinajstić information content (AvgIpc) is 3.23. The molecule has 0 radical (unpaired) electrons. The van der Waals surface area contributed by atoms with E-state index in [9.17, 15) is 18.0 Å². The third kappa shape index (κ3) is 5.39. The van der Waals surface area contributed by atoms with Crippen LogP contribution in [0.15, 0.2) is 24.5 Å². The lowest BCUT2D eigenvalue weighted by Crippen LogP contribution is -2.49. The van der Waals surface area contributed by atoms with Gasteiger partial charge in [0.25, 0.3) is 0 Å². The van der Waals surface area contributed by atoms with Crippen molar-refractivity contribution in [3.05, 3.63) is 30.1 Å². The number of amides is 1. The smallest absolute Gasteiger partial charge is 0.419 e.